The van der Waals surface area contributed by atoms with Gasteiger partial charge in [-0.3, -0.25) is 10.1 Å². The first-order valence-corrected chi connectivity index (χ1v) is 9.31. The zero-order chi connectivity index (χ0) is 15.9. The number of sulfonamides is 1. The van der Waals surface area contributed by atoms with E-state index in [1.807, 2.05) is 0 Å². The molecule has 2 unspecified atom stereocenters. The Labute approximate surface area is 137 Å². The van der Waals surface area contributed by atoms with Gasteiger partial charge in [0.2, 0.25) is 10.0 Å². The molecule has 0 aromatic heterocycles. The van der Waals surface area contributed by atoms with E-state index in [4.69, 9.17) is 0 Å². The van der Waals surface area contributed by atoms with Crippen molar-refractivity contribution in [1.29, 1.82) is 0 Å². The average Bonchev–Trinajstić information content (AvgIpc) is 2.77. The number of nitro groups is 1. The van der Waals surface area contributed by atoms with Gasteiger partial charge in [0.25, 0.3) is 5.69 Å². The Morgan fingerprint density at radius 3 is 2.68 bits per heavy atom. The lowest BCUT2D eigenvalue weighted by atomic mass is 10.1. The zero-order valence-corrected chi connectivity index (χ0v) is 14.1. The molecule has 0 radical (unpaired) electrons. The number of benzene rings is 1. The van der Waals surface area contributed by atoms with Crippen LogP contribution in [0.2, 0.25) is 0 Å². The minimum Gasteiger partial charge on any atom is -0.310 e. The number of hydrogen-bond acceptors (Lipinski definition) is 5. The van der Waals surface area contributed by atoms with Gasteiger partial charge in [-0.25, -0.2) is 8.42 Å². The zero-order valence-electron chi connectivity index (χ0n) is 11.7. The molecule has 1 N–H and O–H groups in total. The standard InChI is InChI=1S/C13H16BrN3O4S/c14-12-7-11(3-4-13(12)17(18)19)22(20,21)16-6-5-9-1-2-10(8-16)15-9/h3-4,7,9-10,15H,1-2,5-6,8H2. The van der Waals surface area contributed by atoms with E-state index < -0.39 is 14.9 Å². The Kier molecular flexibility index (Phi) is 4.23. The SMILES string of the molecule is O=[N+]([O-])c1ccc(S(=O)(=O)N2CCC3CCC(C2)N3)cc1Br. The van der Waals surface area contributed by atoms with Crippen LogP contribution < -0.4 is 5.32 Å². The smallest absolute Gasteiger partial charge is 0.283 e. The van der Waals surface area contributed by atoms with Crippen LogP contribution in [0.1, 0.15) is 19.3 Å². The van der Waals surface area contributed by atoms with Crippen molar-refractivity contribution in [3.8, 4) is 0 Å². The lowest BCUT2D eigenvalue weighted by Gasteiger charge is -2.23. The summed E-state index contributed by atoms with van der Waals surface area (Å²) < 4.78 is 27.2. The van der Waals surface area contributed by atoms with E-state index in [0.717, 1.165) is 19.3 Å². The number of rotatable bonds is 3. The summed E-state index contributed by atoms with van der Waals surface area (Å²) in [4.78, 5) is 10.4. The van der Waals surface area contributed by atoms with Crippen molar-refractivity contribution in [3.63, 3.8) is 0 Å². The lowest BCUT2D eigenvalue weighted by Crippen LogP contribution is -2.39. The van der Waals surface area contributed by atoms with Crippen molar-refractivity contribution >= 4 is 31.6 Å². The summed E-state index contributed by atoms with van der Waals surface area (Å²) in [5, 5.41) is 14.3. The second-order valence-corrected chi connectivity index (χ2v) is 8.45. The van der Waals surface area contributed by atoms with Gasteiger partial charge in [0.1, 0.15) is 0 Å². The second kappa shape index (κ2) is 5.88. The summed E-state index contributed by atoms with van der Waals surface area (Å²) in [6, 6.07) is 4.43. The van der Waals surface area contributed by atoms with Gasteiger partial charge in [0.05, 0.1) is 14.3 Å². The predicted octanol–water partition coefficient (Wildman–Crippen LogP) is 1.87. The first-order valence-electron chi connectivity index (χ1n) is 7.08. The summed E-state index contributed by atoms with van der Waals surface area (Å²) in [6.07, 6.45) is 2.88. The van der Waals surface area contributed by atoms with Gasteiger partial charge >= 0.3 is 0 Å². The number of nitrogens with one attached hydrogen (secondary N) is 1. The Balaban J connectivity index is 1.89. The van der Waals surface area contributed by atoms with Crippen LogP contribution in [-0.2, 0) is 10.0 Å². The molecule has 2 aliphatic heterocycles. The highest BCUT2D eigenvalue weighted by Crippen LogP contribution is 2.30. The van der Waals surface area contributed by atoms with E-state index in [2.05, 4.69) is 21.2 Å². The van der Waals surface area contributed by atoms with E-state index >= 15 is 0 Å². The molecule has 2 saturated heterocycles. The van der Waals surface area contributed by atoms with Crippen molar-refractivity contribution in [1.82, 2.24) is 9.62 Å². The molecule has 2 aliphatic rings. The fraction of sp³-hybridized carbons (Fsp3) is 0.538. The second-order valence-electron chi connectivity index (χ2n) is 5.66. The van der Waals surface area contributed by atoms with Crippen LogP contribution >= 0.6 is 15.9 Å². The molecule has 2 bridgehead atoms. The van der Waals surface area contributed by atoms with Crippen LogP contribution in [0.25, 0.3) is 0 Å². The molecule has 2 heterocycles. The molecule has 1 aromatic rings. The van der Waals surface area contributed by atoms with Gasteiger partial charge in [-0.15, -0.1) is 0 Å². The Morgan fingerprint density at radius 1 is 1.27 bits per heavy atom. The highest BCUT2D eigenvalue weighted by Gasteiger charge is 2.35. The third-order valence-electron chi connectivity index (χ3n) is 4.24. The van der Waals surface area contributed by atoms with Crippen molar-refractivity contribution < 1.29 is 13.3 Å². The van der Waals surface area contributed by atoms with E-state index in [-0.39, 0.29) is 21.1 Å². The molecule has 9 heteroatoms. The van der Waals surface area contributed by atoms with Crippen LogP contribution in [0.3, 0.4) is 0 Å². The van der Waals surface area contributed by atoms with Crippen molar-refractivity contribution in [2.24, 2.45) is 0 Å². The molecular weight excluding hydrogens is 374 g/mol. The number of nitrogens with zero attached hydrogens (tertiary/aromatic N) is 2. The molecular formula is C13H16BrN3O4S. The Bertz CT molecular complexity index is 709. The molecule has 7 nitrogen and oxygen atoms in total. The number of nitro benzene ring substituents is 1. The third kappa shape index (κ3) is 2.90. The third-order valence-corrected chi connectivity index (χ3v) is 6.74. The fourth-order valence-electron chi connectivity index (χ4n) is 3.07. The minimum absolute atomic E-state index is 0.0859. The van der Waals surface area contributed by atoms with Crippen molar-refractivity contribution in [2.45, 2.75) is 36.2 Å². The highest BCUT2D eigenvalue weighted by atomic mass is 79.9. The predicted molar refractivity (Wildman–Crippen MR) is 84.1 cm³/mol. The van der Waals surface area contributed by atoms with Gasteiger partial charge in [0, 0.05) is 31.2 Å². The van der Waals surface area contributed by atoms with E-state index in [1.165, 1.54) is 22.5 Å². The minimum atomic E-state index is -3.63. The number of hydrogen-bond donors (Lipinski definition) is 1. The van der Waals surface area contributed by atoms with E-state index in [1.54, 1.807) is 0 Å². The maximum absolute atomic E-state index is 12.8. The molecule has 0 saturated carbocycles. The fourth-order valence-corrected chi connectivity index (χ4v) is 5.28. The lowest BCUT2D eigenvalue weighted by molar-refractivity contribution is -0.385. The molecule has 0 spiro atoms. The highest BCUT2D eigenvalue weighted by molar-refractivity contribution is 9.10. The normalized spacial score (nSPS) is 25.9. The quantitative estimate of drug-likeness (QED) is 0.629. The summed E-state index contributed by atoms with van der Waals surface area (Å²) in [5.41, 5.74) is -0.143. The average molecular weight is 390 g/mol. The number of halogens is 1. The van der Waals surface area contributed by atoms with Gasteiger partial charge in [-0.2, -0.15) is 4.31 Å². The molecule has 22 heavy (non-hydrogen) atoms. The Hall–Kier alpha value is -1.03. The molecule has 0 amide bonds. The summed E-state index contributed by atoms with van der Waals surface area (Å²) in [5.74, 6) is 0. The van der Waals surface area contributed by atoms with Gasteiger partial charge in [0.15, 0.2) is 0 Å². The summed E-state index contributed by atoms with van der Waals surface area (Å²) >= 11 is 3.08. The first-order chi connectivity index (χ1) is 10.4. The van der Waals surface area contributed by atoms with E-state index in [0.29, 0.717) is 19.1 Å². The molecule has 2 atom stereocenters. The summed E-state index contributed by atoms with van der Waals surface area (Å²) in [7, 11) is -3.63. The van der Waals surface area contributed by atoms with Crippen LogP contribution in [0.5, 0.6) is 0 Å². The molecule has 120 valence electrons. The maximum Gasteiger partial charge on any atom is 0.283 e. The molecule has 1 aromatic carbocycles. The maximum atomic E-state index is 12.8. The summed E-state index contributed by atoms with van der Waals surface area (Å²) in [6.45, 7) is 0.929. The largest absolute Gasteiger partial charge is 0.310 e. The topological polar surface area (TPSA) is 92.5 Å². The molecule has 3 rings (SSSR count). The van der Waals surface area contributed by atoms with Crippen LogP contribution in [0, 0.1) is 10.1 Å². The monoisotopic (exact) mass is 389 g/mol. The van der Waals surface area contributed by atoms with Crippen molar-refractivity contribution in [3.05, 3.63) is 32.8 Å². The van der Waals surface area contributed by atoms with Crippen LogP contribution in [-0.4, -0.2) is 42.8 Å². The van der Waals surface area contributed by atoms with E-state index in [9.17, 15) is 18.5 Å². The van der Waals surface area contributed by atoms with Crippen LogP contribution in [0.15, 0.2) is 27.6 Å². The molecule has 0 aliphatic carbocycles. The van der Waals surface area contributed by atoms with Crippen molar-refractivity contribution in [2.75, 3.05) is 13.1 Å². The first kappa shape index (κ1) is 15.9. The number of fused-ring (bicyclic) bond motifs is 2. The van der Waals surface area contributed by atoms with Gasteiger partial charge in [-0.05, 0) is 47.3 Å². The van der Waals surface area contributed by atoms with Gasteiger partial charge in [-0.1, -0.05) is 0 Å². The van der Waals surface area contributed by atoms with Gasteiger partial charge < -0.3 is 5.32 Å². The molecule has 2 fully saturated rings. The Morgan fingerprint density at radius 2 is 2.00 bits per heavy atom. The van der Waals surface area contributed by atoms with Crippen LogP contribution in [0.4, 0.5) is 5.69 Å².